The van der Waals surface area contributed by atoms with Crippen molar-refractivity contribution in [3.05, 3.63) is 39.9 Å². The van der Waals surface area contributed by atoms with Crippen LogP contribution >= 0.6 is 0 Å². The maximum atomic E-state index is 12.0. The highest BCUT2D eigenvalue weighted by molar-refractivity contribution is 5.94. The fourth-order valence-electron chi connectivity index (χ4n) is 3.28. The Labute approximate surface area is 151 Å². The lowest BCUT2D eigenvalue weighted by Crippen LogP contribution is -2.28. The van der Waals surface area contributed by atoms with E-state index in [0.29, 0.717) is 5.69 Å². The lowest BCUT2D eigenvalue weighted by molar-refractivity contribution is -0.490. The van der Waals surface area contributed by atoms with E-state index in [1.807, 2.05) is 19.1 Å². The Morgan fingerprint density at radius 3 is 2.69 bits per heavy atom. The first-order chi connectivity index (χ1) is 12.3. The van der Waals surface area contributed by atoms with Gasteiger partial charge in [-0.25, -0.2) is 0 Å². The largest absolute Gasteiger partial charge is 0.456 e. The summed E-state index contributed by atoms with van der Waals surface area (Å²) in [6.07, 6.45) is -0.0104. The molecule has 8 nitrogen and oxygen atoms in total. The normalized spacial score (nSPS) is 22.1. The first-order valence-corrected chi connectivity index (χ1v) is 8.43. The fourth-order valence-corrected chi connectivity index (χ4v) is 3.28. The molecule has 3 atom stereocenters. The third-order valence-electron chi connectivity index (χ3n) is 4.71. The number of carbonyl (C=O) groups excluding carboxylic acids is 3. The van der Waals surface area contributed by atoms with Crippen molar-refractivity contribution in [3.63, 3.8) is 0 Å². The zero-order valence-electron chi connectivity index (χ0n) is 14.8. The van der Waals surface area contributed by atoms with Gasteiger partial charge in [0.05, 0.1) is 6.42 Å². The van der Waals surface area contributed by atoms with Crippen LogP contribution in [0.25, 0.3) is 0 Å². The zero-order valence-corrected chi connectivity index (χ0v) is 14.8. The summed E-state index contributed by atoms with van der Waals surface area (Å²) in [5.74, 6) is -2.69. The van der Waals surface area contributed by atoms with Crippen LogP contribution in [0.3, 0.4) is 0 Å². The van der Waals surface area contributed by atoms with E-state index in [1.54, 1.807) is 19.1 Å². The summed E-state index contributed by atoms with van der Waals surface area (Å²) in [4.78, 5) is 46.2. The van der Waals surface area contributed by atoms with E-state index in [-0.39, 0.29) is 31.1 Å². The van der Waals surface area contributed by atoms with Crippen LogP contribution in [0.4, 0.5) is 5.69 Å². The minimum Gasteiger partial charge on any atom is -0.456 e. The number of nitrogens with one attached hydrogen (secondary N) is 1. The van der Waals surface area contributed by atoms with Gasteiger partial charge in [0.1, 0.15) is 5.78 Å². The van der Waals surface area contributed by atoms with Gasteiger partial charge in [0.25, 0.3) is 5.91 Å². The van der Waals surface area contributed by atoms with Gasteiger partial charge in [-0.1, -0.05) is 25.1 Å². The minimum absolute atomic E-state index is 0.143. The maximum Gasteiger partial charge on any atom is 0.307 e. The Hall–Kier alpha value is -2.77. The Kier molecular flexibility index (Phi) is 6.43. The molecule has 1 aliphatic rings. The van der Waals surface area contributed by atoms with Crippen molar-refractivity contribution >= 4 is 23.3 Å². The number of rotatable bonds is 7. The number of amides is 1. The second-order valence-electron chi connectivity index (χ2n) is 6.66. The number of nitrogens with zero attached hydrogens (tertiary/aromatic N) is 1. The number of hydrogen-bond donors (Lipinski definition) is 1. The molecular formula is C18H22N2O6. The summed E-state index contributed by atoms with van der Waals surface area (Å²) < 4.78 is 4.94. The molecule has 1 saturated carbocycles. The summed E-state index contributed by atoms with van der Waals surface area (Å²) in [5.41, 5.74) is 1.50. The summed E-state index contributed by atoms with van der Waals surface area (Å²) in [6, 6.07) is 7.18. The number of ether oxygens (including phenoxy) is 1. The summed E-state index contributed by atoms with van der Waals surface area (Å²) >= 11 is 0. The molecule has 2 rings (SSSR count). The number of ketones is 1. The molecular weight excluding hydrogens is 340 g/mol. The van der Waals surface area contributed by atoms with Gasteiger partial charge in [-0.3, -0.25) is 24.5 Å². The number of carbonyl (C=O) groups is 3. The highest BCUT2D eigenvalue weighted by Gasteiger charge is 2.44. The number of esters is 1. The van der Waals surface area contributed by atoms with Crippen LogP contribution in [0, 0.1) is 34.8 Å². The highest BCUT2D eigenvalue weighted by Crippen LogP contribution is 2.36. The molecule has 1 N–H and O–H groups in total. The molecule has 0 radical (unpaired) electrons. The molecule has 0 aliphatic heterocycles. The molecule has 0 bridgehead atoms. The fraction of sp³-hybridized carbons (Fsp3) is 0.500. The second kappa shape index (κ2) is 8.55. The molecule has 140 valence electrons. The van der Waals surface area contributed by atoms with E-state index in [4.69, 9.17) is 4.74 Å². The quantitative estimate of drug-likeness (QED) is 0.450. The number of anilines is 1. The third kappa shape index (κ3) is 5.11. The van der Waals surface area contributed by atoms with Gasteiger partial charge in [0.15, 0.2) is 6.61 Å². The van der Waals surface area contributed by atoms with Gasteiger partial charge in [-0.15, -0.1) is 0 Å². The van der Waals surface area contributed by atoms with Crippen LogP contribution in [0.5, 0.6) is 0 Å². The van der Waals surface area contributed by atoms with Crippen molar-refractivity contribution in [2.45, 2.75) is 26.7 Å². The van der Waals surface area contributed by atoms with Gasteiger partial charge in [0, 0.05) is 28.9 Å². The standard InChI is InChI=1S/C18H22N2O6/c1-11-5-3-4-6-15(11)19-17(22)10-26-18(23)8-13-14(9-20(24)25)12(2)7-16(13)21/h3-6,12-14H,7-10H2,1-2H3,(H,19,22)/t12-,13+,14+/m1/s1. The van der Waals surface area contributed by atoms with Gasteiger partial charge < -0.3 is 10.1 Å². The van der Waals surface area contributed by atoms with E-state index in [2.05, 4.69) is 5.32 Å². The number of para-hydroxylation sites is 1. The molecule has 26 heavy (non-hydrogen) atoms. The Bertz CT molecular complexity index is 717. The lowest BCUT2D eigenvalue weighted by Gasteiger charge is -2.17. The van der Waals surface area contributed by atoms with E-state index in [0.717, 1.165) is 5.56 Å². The molecule has 0 unspecified atom stereocenters. The van der Waals surface area contributed by atoms with Gasteiger partial charge in [0.2, 0.25) is 6.54 Å². The maximum absolute atomic E-state index is 12.0. The molecule has 1 amide bonds. The number of Topliss-reactive ketones (excluding diaryl/α,β-unsaturated/α-hetero) is 1. The van der Waals surface area contributed by atoms with Crippen LogP contribution in [0.2, 0.25) is 0 Å². The summed E-state index contributed by atoms with van der Waals surface area (Å²) in [6.45, 7) is 2.79. The third-order valence-corrected chi connectivity index (χ3v) is 4.71. The van der Waals surface area contributed by atoms with E-state index < -0.39 is 35.2 Å². The SMILES string of the molecule is Cc1ccccc1NC(=O)COC(=O)C[C@@H]1C(=O)C[C@@H](C)[C@@H]1C[N+](=O)[O-]. The van der Waals surface area contributed by atoms with Crippen molar-refractivity contribution < 1.29 is 24.0 Å². The molecule has 0 heterocycles. The van der Waals surface area contributed by atoms with Crippen molar-refractivity contribution in [2.75, 3.05) is 18.5 Å². The van der Waals surface area contributed by atoms with Crippen LogP contribution in [-0.4, -0.2) is 35.7 Å². The molecule has 0 aromatic heterocycles. The minimum atomic E-state index is -0.720. The second-order valence-corrected chi connectivity index (χ2v) is 6.66. The first kappa shape index (κ1) is 19.6. The lowest BCUT2D eigenvalue weighted by atomic mass is 9.88. The number of benzene rings is 1. The average Bonchev–Trinajstić information content (AvgIpc) is 2.81. The molecule has 0 spiro atoms. The highest BCUT2D eigenvalue weighted by atomic mass is 16.6. The van der Waals surface area contributed by atoms with Crippen LogP contribution in [0.1, 0.15) is 25.3 Å². The summed E-state index contributed by atoms with van der Waals surface area (Å²) in [7, 11) is 0. The molecule has 0 saturated heterocycles. The van der Waals surface area contributed by atoms with Crippen LogP contribution < -0.4 is 5.32 Å². The smallest absolute Gasteiger partial charge is 0.307 e. The van der Waals surface area contributed by atoms with Gasteiger partial charge in [-0.2, -0.15) is 0 Å². The Morgan fingerprint density at radius 1 is 1.35 bits per heavy atom. The molecule has 1 aliphatic carbocycles. The van der Waals surface area contributed by atoms with Gasteiger partial charge in [-0.05, 0) is 24.5 Å². The van der Waals surface area contributed by atoms with Crippen molar-refractivity contribution in [3.8, 4) is 0 Å². The Morgan fingerprint density at radius 2 is 2.04 bits per heavy atom. The summed E-state index contributed by atoms with van der Waals surface area (Å²) in [5, 5.41) is 13.4. The molecule has 8 heteroatoms. The zero-order chi connectivity index (χ0) is 19.3. The number of nitro groups is 1. The first-order valence-electron chi connectivity index (χ1n) is 8.43. The van der Waals surface area contributed by atoms with Crippen LogP contribution in [-0.2, 0) is 19.1 Å². The monoisotopic (exact) mass is 362 g/mol. The molecule has 1 fully saturated rings. The topological polar surface area (TPSA) is 116 Å². The predicted molar refractivity (Wildman–Crippen MR) is 93.0 cm³/mol. The van der Waals surface area contributed by atoms with Crippen molar-refractivity contribution in [2.24, 2.45) is 17.8 Å². The van der Waals surface area contributed by atoms with Crippen molar-refractivity contribution in [1.29, 1.82) is 0 Å². The van der Waals surface area contributed by atoms with E-state index in [1.165, 1.54) is 0 Å². The van der Waals surface area contributed by atoms with E-state index in [9.17, 15) is 24.5 Å². The number of hydrogen-bond acceptors (Lipinski definition) is 6. The van der Waals surface area contributed by atoms with Crippen LogP contribution in [0.15, 0.2) is 24.3 Å². The van der Waals surface area contributed by atoms with E-state index >= 15 is 0 Å². The molecule has 1 aromatic carbocycles. The number of aryl methyl sites for hydroxylation is 1. The Balaban J connectivity index is 1.85. The van der Waals surface area contributed by atoms with Crippen molar-refractivity contribution in [1.82, 2.24) is 0 Å². The van der Waals surface area contributed by atoms with Gasteiger partial charge >= 0.3 is 5.97 Å². The average molecular weight is 362 g/mol. The molecule has 1 aromatic rings. The predicted octanol–water partition coefficient (Wildman–Crippen LogP) is 1.98.